The number of allylic oxidation sites excluding steroid dienone is 4. The normalized spacial score (nSPS) is 27.5. The Bertz CT molecular complexity index is 397. The van der Waals surface area contributed by atoms with Gasteiger partial charge in [-0.2, -0.15) is 0 Å². The van der Waals surface area contributed by atoms with Crippen molar-refractivity contribution in [2.24, 2.45) is 17.6 Å². The highest BCUT2D eigenvalue weighted by molar-refractivity contribution is 5.54. The molecule has 0 aromatic heterocycles. The van der Waals surface area contributed by atoms with Crippen LogP contribution in [0.4, 0.5) is 0 Å². The molecule has 0 bridgehead atoms. The van der Waals surface area contributed by atoms with Crippen molar-refractivity contribution in [3.63, 3.8) is 0 Å². The van der Waals surface area contributed by atoms with E-state index in [2.05, 4.69) is 24.4 Å². The Morgan fingerprint density at radius 3 is 2.95 bits per heavy atom. The summed E-state index contributed by atoms with van der Waals surface area (Å²) in [6.07, 6.45) is 15.4. The van der Waals surface area contributed by atoms with E-state index in [1.54, 1.807) is 5.57 Å². The second-order valence-corrected chi connectivity index (χ2v) is 6.69. The van der Waals surface area contributed by atoms with Crippen LogP contribution in [0.15, 0.2) is 23.4 Å². The van der Waals surface area contributed by atoms with Gasteiger partial charge in [-0.25, -0.2) is 0 Å². The van der Waals surface area contributed by atoms with Crippen LogP contribution in [0.1, 0.15) is 58.3 Å². The summed E-state index contributed by atoms with van der Waals surface area (Å²) in [5, 5.41) is 11.1. The molecule has 0 amide bonds. The quantitative estimate of drug-likeness (QED) is 0.493. The van der Waals surface area contributed by atoms with Gasteiger partial charge in [0.2, 0.25) is 0 Å². The maximum atomic E-state index is 7.38. The Labute approximate surface area is 129 Å². The Morgan fingerprint density at radius 1 is 1.43 bits per heavy atom. The molecular formula is C18H31N3. The molecule has 0 heterocycles. The van der Waals surface area contributed by atoms with E-state index in [9.17, 15) is 0 Å². The van der Waals surface area contributed by atoms with E-state index in [0.29, 0.717) is 12.6 Å². The average molecular weight is 289 g/mol. The van der Waals surface area contributed by atoms with Gasteiger partial charge < -0.3 is 16.5 Å². The second-order valence-electron chi connectivity index (χ2n) is 6.69. The maximum Gasteiger partial charge on any atom is 0.0319 e. The second kappa shape index (κ2) is 8.38. The number of hydrogen-bond acceptors (Lipinski definition) is 3. The molecule has 118 valence electrons. The van der Waals surface area contributed by atoms with Crippen molar-refractivity contribution in [3.8, 4) is 0 Å². The molecule has 3 atom stereocenters. The molecule has 2 rings (SSSR count). The van der Waals surface area contributed by atoms with Gasteiger partial charge in [0.1, 0.15) is 0 Å². The van der Waals surface area contributed by atoms with Crippen molar-refractivity contribution in [2.75, 3.05) is 6.54 Å². The first-order chi connectivity index (χ1) is 10.2. The first kappa shape index (κ1) is 16.3. The molecular weight excluding hydrogens is 258 g/mol. The van der Waals surface area contributed by atoms with Crippen LogP contribution in [0.25, 0.3) is 0 Å². The predicted octanol–water partition coefficient (Wildman–Crippen LogP) is 3.76. The third-order valence-electron chi connectivity index (χ3n) is 4.90. The zero-order chi connectivity index (χ0) is 15.1. The van der Waals surface area contributed by atoms with Crippen LogP contribution in [0, 0.1) is 17.2 Å². The number of nitrogens with two attached hydrogens (primary N) is 1. The molecule has 0 saturated heterocycles. The molecule has 0 aromatic rings. The van der Waals surface area contributed by atoms with Gasteiger partial charge in [0.25, 0.3) is 0 Å². The van der Waals surface area contributed by atoms with Gasteiger partial charge in [-0.15, -0.1) is 0 Å². The summed E-state index contributed by atoms with van der Waals surface area (Å²) in [7, 11) is 0. The summed E-state index contributed by atoms with van der Waals surface area (Å²) in [6, 6.07) is 0.338. The van der Waals surface area contributed by atoms with E-state index in [-0.39, 0.29) is 0 Å². The third-order valence-corrected chi connectivity index (χ3v) is 4.90. The molecule has 2 aliphatic carbocycles. The largest absolute Gasteiger partial charge is 0.385 e. The topological polar surface area (TPSA) is 61.9 Å². The summed E-state index contributed by atoms with van der Waals surface area (Å²) < 4.78 is 0. The molecule has 0 spiro atoms. The molecule has 0 aromatic carbocycles. The summed E-state index contributed by atoms with van der Waals surface area (Å²) in [5.74, 6) is 1.55. The zero-order valence-electron chi connectivity index (χ0n) is 13.4. The molecule has 0 saturated carbocycles. The van der Waals surface area contributed by atoms with Gasteiger partial charge in [0.15, 0.2) is 0 Å². The van der Waals surface area contributed by atoms with E-state index in [1.807, 2.05) is 0 Å². The Kier molecular flexibility index (Phi) is 6.50. The van der Waals surface area contributed by atoms with Crippen molar-refractivity contribution in [3.05, 3.63) is 23.4 Å². The van der Waals surface area contributed by atoms with Crippen molar-refractivity contribution in [1.82, 2.24) is 5.32 Å². The van der Waals surface area contributed by atoms with E-state index in [4.69, 9.17) is 11.1 Å². The van der Waals surface area contributed by atoms with Crippen LogP contribution in [0.5, 0.6) is 0 Å². The summed E-state index contributed by atoms with van der Waals surface area (Å²) >= 11 is 0. The standard InChI is InChI=1S/C18H31N3/c1-14-7-8-18(21-16(9-11-19)10-12-20)17(13-14)15-5-3-2-4-6-15/h2-3,11,14-16,19,21H,4-10,12-13,20H2,1H3. The number of nitrogens with one attached hydrogen (secondary N) is 2. The van der Waals surface area contributed by atoms with Crippen molar-refractivity contribution in [2.45, 2.75) is 64.3 Å². The van der Waals surface area contributed by atoms with Gasteiger partial charge in [-0.05, 0) is 75.1 Å². The Morgan fingerprint density at radius 2 is 2.29 bits per heavy atom. The fraction of sp³-hybridized carbons (Fsp3) is 0.722. The van der Waals surface area contributed by atoms with Crippen LogP contribution in [0.2, 0.25) is 0 Å². The van der Waals surface area contributed by atoms with Crippen LogP contribution in [-0.4, -0.2) is 18.8 Å². The van der Waals surface area contributed by atoms with E-state index >= 15 is 0 Å². The Balaban J connectivity index is 2.12. The molecule has 0 fully saturated rings. The highest BCUT2D eigenvalue weighted by atomic mass is 14.9. The van der Waals surface area contributed by atoms with Crippen LogP contribution < -0.4 is 11.1 Å². The lowest BCUT2D eigenvalue weighted by Crippen LogP contribution is -2.34. The minimum atomic E-state index is 0.338. The maximum absolute atomic E-state index is 7.38. The highest BCUT2D eigenvalue weighted by Crippen LogP contribution is 2.37. The minimum Gasteiger partial charge on any atom is -0.385 e. The fourth-order valence-corrected chi connectivity index (χ4v) is 3.68. The Hall–Kier alpha value is -1.09. The first-order valence-corrected chi connectivity index (χ1v) is 8.57. The van der Waals surface area contributed by atoms with Crippen LogP contribution in [0.3, 0.4) is 0 Å². The number of rotatable bonds is 7. The summed E-state index contributed by atoms with van der Waals surface area (Å²) in [6.45, 7) is 3.07. The van der Waals surface area contributed by atoms with Gasteiger partial charge in [0, 0.05) is 18.2 Å². The molecule has 2 aliphatic rings. The number of hydrogen-bond donors (Lipinski definition) is 3. The van der Waals surface area contributed by atoms with Gasteiger partial charge in [-0.1, -0.05) is 19.1 Å². The molecule has 0 aliphatic heterocycles. The van der Waals surface area contributed by atoms with Crippen molar-refractivity contribution < 1.29 is 0 Å². The monoisotopic (exact) mass is 289 g/mol. The van der Waals surface area contributed by atoms with Gasteiger partial charge >= 0.3 is 0 Å². The van der Waals surface area contributed by atoms with Crippen molar-refractivity contribution >= 4 is 6.21 Å². The van der Waals surface area contributed by atoms with E-state index in [1.165, 1.54) is 50.4 Å². The van der Waals surface area contributed by atoms with Gasteiger partial charge in [0.05, 0.1) is 0 Å². The molecule has 21 heavy (non-hydrogen) atoms. The molecule has 3 heteroatoms. The van der Waals surface area contributed by atoms with E-state index in [0.717, 1.165) is 24.7 Å². The SMILES string of the molecule is CC1CCC(NC(CC=N)CCN)=C(C2CC=CCC2)C1. The van der Waals surface area contributed by atoms with Crippen LogP contribution >= 0.6 is 0 Å². The molecule has 3 unspecified atom stereocenters. The molecule has 3 nitrogen and oxygen atoms in total. The lowest BCUT2D eigenvalue weighted by atomic mass is 9.77. The zero-order valence-corrected chi connectivity index (χ0v) is 13.4. The lowest BCUT2D eigenvalue weighted by Gasteiger charge is -2.33. The third kappa shape index (κ3) is 4.70. The predicted molar refractivity (Wildman–Crippen MR) is 90.5 cm³/mol. The summed E-state index contributed by atoms with van der Waals surface area (Å²) in [5.41, 5.74) is 8.88. The smallest absolute Gasteiger partial charge is 0.0319 e. The van der Waals surface area contributed by atoms with Gasteiger partial charge in [-0.3, -0.25) is 0 Å². The lowest BCUT2D eigenvalue weighted by molar-refractivity contribution is 0.404. The first-order valence-electron chi connectivity index (χ1n) is 8.57. The van der Waals surface area contributed by atoms with Crippen molar-refractivity contribution in [1.29, 1.82) is 5.41 Å². The van der Waals surface area contributed by atoms with Crippen LogP contribution in [-0.2, 0) is 0 Å². The minimum absolute atomic E-state index is 0.338. The fourth-order valence-electron chi connectivity index (χ4n) is 3.68. The highest BCUT2D eigenvalue weighted by Gasteiger charge is 2.25. The molecule has 4 N–H and O–H groups in total. The molecule has 0 radical (unpaired) electrons. The average Bonchev–Trinajstić information content (AvgIpc) is 2.50. The summed E-state index contributed by atoms with van der Waals surface area (Å²) in [4.78, 5) is 0. The van der Waals surface area contributed by atoms with E-state index < -0.39 is 0 Å².